The Labute approximate surface area is 152 Å². The second kappa shape index (κ2) is 6.61. The van der Waals surface area contributed by atoms with Gasteiger partial charge in [-0.25, -0.2) is 0 Å². The van der Waals surface area contributed by atoms with Crippen LogP contribution in [0.25, 0.3) is 0 Å². The van der Waals surface area contributed by atoms with Gasteiger partial charge in [0.05, 0.1) is 17.2 Å². The van der Waals surface area contributed by atoms with Crippen LogP contribution in [0, 0.1) is 5.92 Å². The van der Waals surface area contributed by atoms with Gasteiger partial charge in [-0.15, -0.1) is 0 Å². The number of piperidine rings is 1. The molecular formula is C17H25ClN4O3. The first-order valence-electron chi connectivity index (χ1n) is 8.72. The summed E-state index contributed by atoms with van der Waals surface area (Å²) in [6, 6.07) is 0. The molecule has 1 atom stereocenters. The zero-order chi connectivity index (χ0) is 18.4. The second-order valence-electron chi connectivity index (χ2n) is 7.12. The van der Waals surface area contributed by atoms with Gasteiger partial charge in [-0.1, -0.05) is 18.5 Å². The van der Waals surface area contributed by atoms with Crippen LogP contribution < -0.4 is 0 Å². The van der Waals surface area contributed by atoms with Gasteiger partial charge in [0.15, 0.2) is 0 Å². The van der Waals surface area contributed by atoms with Crippen LogP contribution in [-0.4, -0.2) is 62.2 Å². The van der Waals surface area contributed by atoms with E-state index in [1.165, 1.54) is 0 Å². The van der Waals surface area contributed by atoms with Gasteiger partial charge in [-0.05, 0) is 19.3 Å². The summed E-state index contributed by atoms with van der Waals surface area (Å²) in [4.78, 5) is 27.7. The largest absolute Gasteiger partial charge is 0.481 e. The lowest BCUT2D eigenvalue weighted by Crippen LogP contribution is -2.55. The quantitative estimate of drug-likeness (QED) is 0.872. The fourth-order valence-electron chi connectivity index (χ4n) is 4.35. The molecule has 1 amide bonds. The summed E-state index contributed by atoms with van der Waals surface area (Å²) in [6.07, 6.45) is 2.28. The van der Waals surface area contributed by atoms with Crippen molar-refractivity contribution in [2.75, 3.05) is 20.1 Å². The fourth-order valence-corrected chi connectivity index (χ4v) is 4.55. The number of amides is 1. The molecule has 0 bridgehead atoms. The standard InChI is InChI=1S/C17H25ClN4O3/c1-4-13-11(15(18)21(3)19-13)10-22-7-5-17(6-8-22)12(16(24)25)9-14(23)20(17)2/h12H,4-10H2,1-3H3,(H,24,25). The molecule has 0 radical (unpaired) electrons. The van der Waals surface area contributed by atoms with Crippen LogP contribution in [0.5, 0.6) is 0 Å². The molecule has 2 saturated heterocycles. The van der Waals surface area contributed by atoms with Crippen molar-refractivity contribution in [1.29, 1.82) is 0 Å². The highest BCUT2D eigenvalue weighted by atomic mass is 35.5. The molecule has 25 heavy (non-hydrogen) atoms. The van der Waals surface area contributed by atoms with Gasteiger partial charge < -0.3 is 10.0 Å². The topological polar surface area (TPSA) is 78.7 Å². The number of hydrogen-bond donors (Lipinski definition) is 1. The van der Waals surface area contributed by atoms with E-state index in [-0.39, 0.29) is 12.3 Å². The molecule has 2 aliphatic rings. The monoisotopic (exact) mass is 368 g/mol. The maximum atomic E-state index is 12.1. The normalized spacial score (nSPS) is 23.6. The van der Waals surface area contributed by atoms with Gasteiger partial charge >= 0.3 is 5.97 Å². The number of carboxylic acids is 1. The van der Waals surface area contributed by atoms with Gasteiger partial charge in [0.1, 0.15) is 5.15 Å². The first-order valence-corrected chi connectivity index (χ1v) is 9.10. The molecule has 8 heteroatoms. The number of carbonyl (C=O) groups excluding carboxylic acids is 1. The number of aryl methyl sites for hydroxylation is 2. The molecule has 1 spiro atoms. The van der Waals surface area contributed by atoms with Crippen LogP contribution in [0.4, 0.5) is 0 Å². The molecule has 1 unspecified atom stereocenters. The van der Waals surface area contributed by atoms with E-state index in [0.717, 1.165) is 30.8 Å². The summed E-state index contributed by atoms with van der Waals surface area (Å²) in [7, 11) is 3.58. The molecule has 3 rings (SSSR count). The van der Waals surface area contributed by atoms with Gasteiger partial charge in [-0.2, -0.15) is 5.10 Å². The maximum Gasteiger partial charge on any atom is 0.309 e. The molecule has 3 heterocycles. The van der Waals surface area contributed by atoms with Crippen LogP contribution in [0.3, 0.4) is 0 Å². The number of aromatic nitrogens is 2. The number of likely N-dealkylation sites (tertiary alicyclic amines) is 2. The van der Waals surface area contributed by atoms with E-state index in [2.05, 4.69) is 16.9 Å². The van der Waals surface area contributed by atoms with Crippen molar-refractivity contribution in [3.63, 3.8) is 0 Å². The number of nitrogens with zero attached hydrogens (tertiary/aromatic N) is 4. The summed E-state index contributed by atoms with van der Waals surface area (Å²) >= 11 is 6.38. The smallest absolute Gasteiger partial charge is 0.309 e. The van der Waals surface area contributed by atoms with E-state index in [1.54, 1.807) is 16.6 Å². The molecule has 7 nitrogen and oxygen atoms in total. The van der Waals surface area contributed by atoms with E-state index < -0.39 is 17.4 Å². The van der Waals surface area contributed by atoms with E-state index in [0.29, 0.717) is 24.5 Å². The number of hydrogen-bond acceptors (Lipinski definition) is 4. The van der Waals surface area contributed by atoms with Crippen molar-refractivity contribution in [3.8, 4) is 0 Å². The number of carbonyl (C=O) groups is 2. The lowest BCUT2D eigenvalue weighted by Gasteiger charge is -2.45. The van der Waals surface area contributed by atoms with Gasteiger partial charge in [0.2, 0.25) is 5.91 Å². The maximum absolute atomic E-state index is 12.1. The van der Waals surface area contributed by atoms with Gasteiger partial charge in [0.25, 0.3) is 0 Å². The fraction of sp³-hybridized carbons (Fsp3) is 0.706. The molecular weight excluding hydrogens is 344 g/mol. The van der Waals surface area contributed by atoms with Crippen molar-refractivity contribution in [2.45, 2.75) is 44.7 Å². The zero-order valence-electron chi connectivity index (χ0n) is 15.0. The predicted octanol–water partition coefficient (Wildman–Crippen LogP) is 1.53. The number of aliphatic carboxylic acids is 1. The lowest BCUT2D eigenvalue weighted by atomic mass is 9.77. The Morgan fingerprint density at radius 3 is 2.56 bits per heavy atom. The highest BCUT2D eigenvalue weighted by Gasteiger charge is 2.55. The highest BCUT2D eigenvalue weighted by molar-refractivity contribution is 6.30. The third kappa shape index (κ3) is 2.93. The van der Waals surface area contributed by atoms with E-state index in [1.807, 2.05) is 7.05 Å². The van der Waals surface area contributed by atoms with Crippen LogP contribution in [0.2, 0.25) is 5.15 Å². The molecule has 1 aromatic heterocycles. The Morgan fingerprint density at radius 1 is 1.36 bits per heavy atom. The Hall–Kier alpha value is -1.60. The Kier molecular flexibility index (Phi) is 4.81. The molecule has 138 valence electrons. The van der Waals surface area contributed by atoms with Crippen LogP contribution in [-0.2, 0) is 29.6 Å². The number of rotatable bonds is 4. The molecule has 2 aliphatic heterocycles. The molecule has 1 aromatic rings. The minimum atomic E-state index is -0.866. The first-order chi connectivity index (χ1) is 11.8. The molecule has 0 aliphatic carbocycles. The first kappa shape index (κ1) is 18.2. The average molecular weight is 369 g/mol. The summed E-state index contributed by atoms with van der Waals surface area (Å²) in [5.74, 6) is -1.54. The third-order valence-corrected chi connectivity index (χ3v) is 6.43. The average Bonchev–Trinajstić information content (AvgIpc) is 3.00. The Balaban J connectivity index is 1.74. The zero-order valence-corrected chi connectivity index (χ0v) is 15.7. The highest BCUT2D eigenvalue weighted by Crippen LogP contribution is 2.43. The SMILES string of the molecule is CCc1nn(C)c(Cl)c1CN1CCC2(CC1)C(C(=O)O)CC(=O)N2C. The van der Waals surface area contributed by atoms with Crippen LogP contribution >= 0.6 is 11.6 Å². The van der Waals surface area contributed by atoms with E-state index in [4.69, 9.17) is 11.6 Å². The number of halogens is 1. The second-order valence-corrected chi connectivity index (χ2v) is 7.48. The lowest BCUT2D eigenvalue weighted by molar-refractivity contribution is -0.146. The van der Waals surface area contributed by atoms with Crippen molar-refractivity contribution in [2.24, 2.45) is 13.0 Å². The van der Waals surface area contributed by atoms with Crippen molar-refractivity contribution >= 4 is 23.5 Å². The summed E-state index contributed by atoms with van der Waals surface area (Å²) in [6.45, 7) is 4.26. The summed E-state index contributed by atoms with van der Waals surface area (Å²) in [5, 5.41) is 14.7. The van der Waals surface area contributed by atoms with Crippen molar-refractivity contribution < 1.29 is 14.7 Å². The predicted molar refractivity (Wildman–Crippen MR) is 93.4 cm³/mol. The van der Waals surface area contributed by atoms with Gasteiger partial charge in [-0.3, -0.25) is 19.2 Å². The van der Waals surface area contributed by atoms with Crippen molar-refractivity contribution in [1.82, 2.24) is 19.6 Å². The summed E-state index contributed by atoms with van der Waals surface area (Å²) in [5.41, 5.74) is 1.50. The third-order valence-electron chi connectivity index (χ3n) is 5.96. The molecule has 1 N–H and O–H groups in total. The Morgan fingerprint density at radius 2 is 2.00 bits per heavy atom. The number of carboxylic acid groups (broad SMARTS) is 1. The van der Waals surface area contributed by atoms with Gasteiger partial charge in [0, 0.05) is 45.7 Å². The van der Waals surface area contributed by atoms with Crippen LogP contribution in [0.1, 0.15) is 37.4 Å². The minimum Gasteiger partial charge on any atom is -0.481 e. The van der Waals surface area contributed by atoms with Crippen LogP contribution in [0.15, 0.2) is 0 Å². The van der Waals surface area contributed by atoms with E-state index in [9.17, 15) is 14.7 Å². The van der Waals surface area contributed by atoms with Crippen molar-refractivity contribution in [3.05, 3.63) is 16.4 Å². The van der Waals surface area contributed by atoms with E-state index >= 15 is 0 Å². The molecule has 0 saturated carbocycles. The Bertz CT molecular complexity index is 694. The molecule has 2 fully saturated rings. The summed E-state index contributed by atoms with van der Waals surface area (Å²) < 4.78 is 1.70. The molecule has 0 aromatic carbocycles. The minimum absolute atomic E-state index is 0.0653.